The van der Waals surface area contributed by atoms with E-state index in [0.717, 1.165) is 16.5 Å². The topological polar surface area (TPSA) is 62.4 Å². The van der Waals surface area contributed by atoms with Crippen LogP contribution >= 0.6 is 22.9 Å². The number of hydrogen-bond donors (Lipinski definition) is 1. The number of likely N-dealkylation sites (N-methyl/N-ethyl adjacent to an activating group) is 1. The molecule has 5 nitrogen and oxygen atoms in total. The fraction of sp³-hybridized carbons (Fsp3) is 0.176. The van der Waals surface area contributed by atoms with Gasteiger partial charge in [0.05, 0.1) is 5.02 Å². The summed E-state index contributed by atoms with van der Waals surface area (Å²) >= 11 is 7.77. The average Bonchev–Trinajstić information content (AvgIpc) is 3.20. The Kier molecular flexibility index (Phi) is 4.87. The molecule has 0 unspecified atom stereocenters. The first-order chi connectivity index (χ1) is 11.6. The molecule has 124 valence electrons. The fourth-order valence-corrected chi connectivity index (χ4v) is 3.25. The van der Waals surface area contributed by atoms with E-state index in [1.54, 1.807) is 18.4 Å². The molecule has 0 bridgehead atoms. The van der Waals surface area contributed by atoms with Gasteiger partial charge in [-0.2, -0.15) is 11.3 Å². The van der Waals surface area contributed by atoms with Crippen molar-refractivity contribution in [3.8, 4) is 0 Å². The summed E-state index contributed by atoms with van der Waals surface area (Å²) in [6.45, 7) is 0.151. The lowest BCUT2D eigenvalue weighted by atomic mass is 10.2. The Morgan fingerprint density at radius 1 is 1.29 bits per heavy atom. The Morgan fingerprint density at radius 3 is 2.79 bits per heavy atom. The summed E-state index contributed by atoms with van der Waals surface area (Å²) in [7, 11) is 1.67. The molecule has 2 heterocycles. The van der Waals surface area contributed by atoms with Gasteiger partial charge in [0.2, 0.25) is 0 Å². The number of carbonyl (C=O) groups is 2. The number of benzene rings is 1. The molecule has 2 aromatic heterocycles. The number of aromatic amines is 1. The Bertz CT molecular complexity index is 873. The summed E-state index contributed by atoms with van der Waals surface area (Å²) < 4.78 is 5.10. The zero-order valence-corrected chi connectivity index (χ0v) is 14.5. The van der Waals surface area contributed by atoms with Crippen molar-refractivity contribution in [1.29, 1.82) is 0 Å². The molecular weight excluding hydrogens is 348 g/mol. The molecule has 0 saturated carbocycles. The zero-order valence-electron chi connectivity index (χ0n) is 12.9. The van der Waals surface area contributed by atoms with Crippen molar-refractivity contribution in [2.45, 2.75) is 6.54 Å². The summed E-state index contributed by atoms with van der Waals surface area (Å²) in [4.78, 5) is 28.7. The van der Waals surface area contributed by atoms with Crippen molar-refractivity contribution in [2.24, 2.45) is 0 Å². The minimum Gasteiger partial charge on any atom is -0.451 e. The Hall–Kier alpha value is -2.31. The minimum absolute atomic E-state index is 0.158. The Labute approximate surface area is 147 Å². The van der Waals surface area contributed by atoms with Crippen molar-refractivity contribution in [3.63, 3.8) is 0 Å². The number of carbonyl (C=O) groups excluding carboxylic acids is 2. The Balaban J connectivity index is 1.62. The SMILES string of the molecule is CN(Cc1ccsc1)C(=O)COC(=O)c1[nH]c2ccccc2c1Cl. The van der Waals surface area contributed by atoms with E-state index in [9.17, 15) is 9.59 Å². The second-order valence-electron chi connectivity index (χ2n) is 5.32. The highest BCUT2D eigenvalue weighted by Crippen LogP contribution is 2.27. The number of aromatic nitrogens is 1. The molecule has 24 heavy (non-hydrogen) atoms. The van der Waals surface area contributed by atoms with Gasteiger partial charge in [0.1, 0.15) is 5.69 Å². The number of fused-ring (bicyclic) bond motifs is 1. The average molecular weight is 363 g/mol. The molecule has 0 spiro atoms. The number of thiophene rings is 1. The molecule has 1 amide bonds. The largest absolute Gasteiger partial charge is 0.451 e. The number of amides is 1. The highest BCUT2D eigenvalue weighted by molar-refractivity contribution is 7.07. The van der Waals surface area contributed by atoms with Crippen LogP contribution in [0.2, 0.25) is 5.02 Å². The second kappa shape index (κ2) is 7.07. The van der Waals surface area contributed by atoms with Crippen LogP contribution in [0.4, 0.5) is 0 Å². The van der Waals surface area contributed by atoms with Gasteiger partial charge in [0.25, 0.3) is 5.91 Å². The van der Waals surface area contributed by atoms with Gasteiger partial charge in [0.15, 0.2) is 6.61 Å². The van der Waals surface area contributed by atoms with Crippen LogP contribution in [0.25, 0.3) is 10.9 Å². The molecule has 1 N–H and O–H groups in total. The smallest absolute Gasteiger partial charge is 0.356 e. The van der Waals surface area contributed by atoms with E-state index in [-0.39, 0.29) is 18.2 Å². The van der Waals surface area contributed by atoms with Gasteiger partial charge in [-0.1, -0.05) is 29.8 Å². The van der Waals surface area contributed by atoms with Crippen LogP contribution in [0.15, 0.2) is 41.1 Å². The van der Waals surface area contributed by atoms with Crippen LogP contribution in [-0.4, -0.2) is 35.4 Å². The van der Waals surface area contributed by atoms with Gasteiger partial charge in [-0.25, -0.2) is 4.79 Å². The van der Waals surface area contributed by atoms with Crippen molar-refractivity contribution in [3.05, 3.63) is 57.4 Å². The van der Waals surface area contributed by atoms with Crippen molar-refractivity contribution in [1.82, 2.24) is 9.88 Å². The molecule has 0 fully saturated rings. The third kappa shape index (κ3) is 3.44. The Morgan fingerprint density at radius 2 is 2.08 bits per heavy atom. The number of nitrogens with one attached hydrogen (secondary N) is 1. The number of ether oxygens (including phenoxy) is 1. The normalized spacial score (nSPS) is 10.8. The van der Waals surface area contributed by atoms with E-state index in [1.807, 2.05) is 41.1 Å². The van der Waals surface area contributed by atoms with Crippen LogP contribution in [0, 0.1) is 0 Å². The number of H-pyrrole nitrogens is 1. The number of para-hydroxylation sites is 1. The monoisotopic (exact) mass is 362 g/mol. The van der Waals surface area contributed by atoms with E-state index < -0.39 is 5.97 Å². The van der Waals surface area contributed by atoms with Gasteiger partial charge >= 0.3 is 5.97 Å². The lowest BCUT2D eigenvalue weighted by Crippen LogP contribution is -2.30. The predicted molar refractivity (Wildman–Crippen MR) is 94.4 cm³/mol. The van der Waals surface area contributed by atoms with Gasteiger partial charge < -0.3 is 14.6 Å². The molecule has 0 aliphatic heterocycles. The van der Waals surface area contributed by atoms with Crippen molar-refractivity contribution < 1.29 is 14.3 Å². The molecule has 0 saturated heterocycles. The lowest BCUT2D eigenvalue weighted by molar-refractivity contribution is -0.133. The number of nitrogens with zero attached hydrogens (tertiary/aromatic N) is 1. The van der Waals surface area contributed by atoms with Gasteiger partial charge in [-0.3, -0.25) is 4.79 Å². The second-order valence-corrected chi connectivity index (χ2v) is 6.48. The molecule has 0 atom stereocenters. The third-order valence-corrected chi connectivity index (χ3v) is 4.72. The van der Waals surface area contributed by atoms with E-state index in [1.165, 1.54) is 4.90 Å². The molecule has 7 heteroatoms. The highest BCUT2D eigenvalue weighted by Gasteiger charge is 2.19. The fourth-order valence-electron chi connectivity index (χ4n) is 2.30. The molecule has 1 aromatic carbocycles. The van der Waals surface area contributed by atoms with Gasteiger partial charge in [-0.15, -0.1) is 0 Å². The summed E-state index contributed by atoms with van der Waals surface area (Å²) in [5, 5.41) is 4.97. The maximum Gasteiger partial charge on any atom is 0.356 e. The number of rotatable bonds is 5. The summed E-state index contributed by atoms with van der Waals surface area (Å²) in [5.41, 5.74) is 1.95. The lowest BCUT2D eigenvalue weighted by Gasteiger charge is -2.16. The van der Waals surface area contributed by atoms with Crippen molar-refractivity contribution in [2.75, 3.05) is 13.7 Å². The summed E-state index contributed by atoms with van der Waals surface area (Å²) in [6, 6.07) is 9.25. The molecular formula is C17H15ClN2O3S. The van der Waals surface area contributed by atoms with Crippen LogP contribution in [-0.2, 0) is 16.1 Å². The van der Waals surface area contributed by atoms with Crippen LogP contribution in [0.5, 0.6) is 0 Å². The zero-order chi connectivity index (χ0) is 17.1. The molecule has 3 aromatic rings. The maximum atomic E-state index is 12.2. The van der Waals surface area contributed by atoms with Crippen molar-refractivity contribution >= 4 is 45.7 Å². The quantitative estimate of drug-likeness (QED) is 0.704. The van der Waals surface area contributed by atoms with Crippen LogP contribution < -0.4 is 0 Å². The van der Waals surface area contributed by atoms with E-state index in [4.69, 9.17) is 16.3 Å². The number of halogens is 1. The molecule has 0 aliphatic carbocycles. The molecule has 0 aliphatic rings. The first kappa shape index (κ1) is 16.5. The minimum atomic E-state index is -0.645. The van der Waals surface area contributed by atoms with Gasteiger partial charge in [-0.05, 0) is 28.5 Å². The van der Waals surface area contributed by atoms with Crippen LogP contribution in [0.1, 0.15) is 16.1 Å². The standard InChI is InChI=1S/C17H15ClN2O3S/c1-20(8-11-6-7-24-10-11)14(21)9-23-17(22)16-15(18)12-4-2-3-5-13(12)19-16/h2-7,10,19H,8-9H2,1H3. The van der Waals surface area contributed by atoms with E-state index >= 15 is 0 Å². The van der Waals surface area contributed by atoms with E-state index in [0.29, 0.717) is 11.6 Å². The number of esters is 1. The summed E-state index contributed by atoms with van der Waals surface area (Å²) in [5.74, 6) is -0.921. The van der Waals surface area contributed by atoms with Gasteiger partial charge in [0, 0.05) is 24.5 Å². The summed E-state index contributed by atoms with van der Waals surface area (Å²) in [6.07, 6.45) is 0. The first-order valence-corrected chi connectivity index (χ1v) is 8.56. The third-order valence-electron chi connectivity index (χ3n) is 3.60. The van der Waals surface area contributed by atoms with E-state index in [2.05, 4.69) is 4.98 Å². The van der Waals surface area contributed by atoms with Crippen LogP contribution in [0.3, 0.4) is 0 Å². The number of hydrogen-bond acceptors (Lipinski definition) is 4. The first-order valence-electron chi connectivity index (χ1n) is 7.24. The highest BCUT2D eigenvalue weighted by atomic mass is 35.5. The molecule has 3 rings (SSSR count). The predicted octanol–water partition coefficient (Wildman–Crippen LogP) is 3.70. The maximum absolute atomic E-state index is 12.2. The molecule has 0 radical (unpaired) electrons.